The molecule has 1 atom stereocenters. The lowest BCUT2D eigenvalue weighted by Crippen LogP contribution is -2.49. The number of aryl methyl sites for hydroxylation is 1. The quantitative estimate of drug-likeness (QED) is 0.835. The number of amides is 3. The summed E-state index contributed by atoms with van der Waals surface area (Å²) in [7, 11) is 0. The minimum absolute atomic E-state index is 0.0289. The Bertz CT molecular complexity index is 890. The monoisotopic (exact) mass is 395 g/mol. The number of nitrogens with zero attached hydrogens (tertiary/aromatic N) is 3. The Hall–Kier alpha value is -2.83. The van der Waals surface area contributed by atoms with Crippen LogP contribution in [0.2, 0.25) is 0 Å². The molecule has 1 saturated heterocycles. The van der Waals surface area contributed by atoms with Crippen LogP contribution < -0.4 is 10.6 Å². The van der Waals surface area contributed by atoms with Crippen LogP contribution in [0.15, 0.2) is 30.3 Å². The third-order valence-corrected chi connectivity index (χ3v) is 5.64. The molecule has 0 radical (unpaired) electrons. The van der Waals surface area contributed by atoms with E-state index in [9.17, 15) is 9.59 Å². The molecule has 0 saturated carbocycles. The average Bonchev–Trinajstić information content (AvgIpc) is 3.31. The number of benzene rings is 1. The maximum absolute atomic E-state index is 13.1. The molecule has 1 aliphatic heterocycles. The predicted molar refractivity (Wildman–Crippen MR) is 112 cm³/mol. The molecule has 1 fully saturated rings. The van der Waals surface area contributed by atoms with E-state index in [4.69, 9.17) is 5.10 Å². The third kappa shape index (κ3) is 4.13. The first-order valence-electron chi connectivity index (χ1n) is 10.6. The minimum atomic E-state index is -0.210. The van der Waals surface area contributed by atoms with Crippen molar-refractivity contribution < 1.29 is 9.59 Å². The van der Waals surface area contributed by atoms with E-state index in [1.165, 1.54) is 0 Å². The molecule has 0 spiro atoms. The Morgan fingerprint density at radius 2 is 1.93 bits per heavy atom. The number of anilines is 1. The lowest BCUT2D eigenvalue weighted by Gasteiger charge is -2.32. The van der Waals surface area contributed by atoms with E-state index in [1.807, 2.05) is 48.9 Å². The van der Waals surface area contributed by atoms with Gasteiger partial charge in [0.1, 0.15) is 5.82 Å². The SMILES string of the molecule is CC(C)NC(=O)N1CCC[C@@H](C(=O)Nc2c3c(nn2-c2ccccc2)CCC3)C1. The summed E-state index contributed by atoms with van der Waals surface area (Å²) in [5, 5.41) is 10.8. The van der Waals surface area contributed by atoms with Gasteiger partial charge in [-0.25, -0.2) is 9.48 Å². The van der Waals surface area contributed by atoms with Crippen molar-refractivity contribution in [2.45, 2.75) is 52.0 Å². The minimum Gasteiger partial charge on any atom is -0.336 e. The molecule has 4 rings (SSSR count). The van der Waals surface area contributed by atoms with Crippen molar-refractivity contribution in [1.29, 1.82) is 0 Å². The van der Waals surface area contributed by atoms with Crippen LogP contribution in [0.5, 0.6) is 0 Å². The molecule has 2 N–H and O–H groups in total. The van der Waals surface area contributed by atoms with Gasteiger partial charge in [-0.15, -0.1) is 0 Å². The number of aromatic nitrogens is 2. The van der Waals surface area contributed by atoms with Crippen molar-refractivity contribution in [2.24, 2.45) is 5.92 Å². The first-order chi connectivity index (χ1) is 14.0. The van der Waals surface area contributed by atoms with Crippen molar-refractivity contribution in [3.8, 4) is 5.69 Å². The molecule has 0 unspecified atom stereocenters. The number of hydrogen-bond acceptors (Lipinski definition) is 3. The second-order valence-corrected chi connectivity index (χ2v) is 8.25. The zero-order chi connectivity index (χ0) is 20.4. The highest BCUT2D eigenvalue weighted by atomic mass is 16.2. The summed E-state index contributed by atoms with van der Waals surface area (Å²) in [5.41, 5.74) is 3.16. The summed E-state index contributed by atoms with van der Waals surface area (Å²) >= 11 is 0. The summed E-state index contributed by atoms with van der Waals surface area (Å²) in [4.78, 5) is 27.2. The Morgan fingerprint density at radius 3 is 2.69 bits per heavy atom. The molecule has 1 aromatic heterocycles. The van der Waals surface area contributed by atoms with E-state index >= 15 is 0 Å². The summed E-state index contributed by atoms with van der Waals surface area (Å²) < 4.78 is 1.85. The highest BCUT2D eigenvalue weighted by Gasteiger charge is 2.31. The van der Waals surface area contributed by atoms with Crippen LogP contribution in [0, 0.1) is 5.92 Å². The number of rotatable bonds is 4. The van der Waals surface area contributed by atoms with Gasteiger partial charge in [0, 0.05) is 24.7 Å². The van der Waals surface area contributed by atoms with E-state index in [0.717, 1.165) is 54.9 Å². The fraction of sp³-hybridized carbons (Fsp3) is 0.500. The zero-order valence-corrected chi connectivity index (χ0v) is 17.1. The molecule has 7 heteroatoms. The van der Waals surface area contributed by atoms with E-state index < -0.39 is 0 Å². The van der Waals surface area contributed by atoms with Gasteiger partial charge >= 0.3 is 6.03 Å². The van der Waals surface area contributed by atoms with Gasteiger partial charge in [0.25, 0.3) is 0 Å². The van der Waals surface area contributed by atoms with Crippen molar-refractivity contribution in [3.63, 3.8) is 0 Å². The van der Waals surface area contributed by atoms with E-state index in [-0.39, 0.29) is 23.9 Å². The average molecular weight is 396 g/mol. The van der Waals surface area contributed by atoms with Crippen LogP contribution in [0.4, 0.5) is 10.6 Å². The van der Waals surface area contributed by atoms with Gasteiger partial charge < -0.3 is 15.5 Å². The second kappa shape index (κ2) is 8.27. The van der Waals surface area contributed by atoms with Crippen LogP contribution >= 0.6 is 0 Å². The van der Waals surface area contributed by atoms with E-state index in [0.29, 0.717) is 13.1 Å². The Balaban J connectivity index is 1.52. The first kappa shape index (κ1) is 19.5. The smallest absolute Gasteiger partial charge is 0.317 e. The number of carbonyl (C=O) groups excluding carboxylic acids is 2. The molecule has 2 aromatic rings. The van der Waals surface area contributed by atoms with Crippen molar-refractivity contribution in [2.75, 3.05) is 18.4 Å². The van der Waals surface area contributed by atoms with E-state index in [2.05, 4.69) is 10.6 Å². The van der Waals surface area contributed by atoms with Gasteiger partial charge in [-0.05, 0) is 58.1 Å². The Kier molecular flexibility index (Phi) is 5.56. The molecule has 1 aromatic carbocycles. The highest BCUT2D eigenvalue weighted by Crippen LogP contribution is 2.31. The topological polar surface area (TPSA) is 79.3 Å². The predicted octanol–water partition coefficient (Wildman–Crippen LogP) is 3.13. The van der Waals surface area contributed by atoms with Crippen molar-refractivity contribution in [1.82, 2.24) is 20.0 Å². The zero-order valence-electron chi connectivity index (χ0n) is 17.1. The van der Waals surface area contributed by atoms with Crippen LogP contribution in [0.1, 0.15) is 44.4 Å². The summed E-state index contributed by atoms with van der Waals surface area (Å²) in [6, 6.07) is 9.90. The van der Waals surface area contributed by atoms with Gasteiger partial charge in [-0.3, -0.25) is 4.79 Å². The van der Waals surface area contributed by atoms with Crippen LogP contribution in [0.3, 0.4) is 0 Å². The van der Waals surface area contributed by atoms with E-state index in [1.54, 1.807) is 4.90 Å². The Labute approximate surface area is 171 Å². The molecular formula is C22H29N5O2. The summed E-state index contributed by atoms with van der Waals surface area (Å²) in [6.07, 6.45) is 4.58. The number of fused-ring (bicyclic) bond motifs is 1. The van der Waals surface area contributed by atoms with Crippen molar-refractivity contribution in [3.05, 3.63) is 41.6 Å². The third-order valence-electron chi connectivity index (χ3n) is 5.64. The highest BCUT2D eigenvalue weighted by molar-refractivity contribution is 5.93. The summed E-state index contributed by atoms with van der Waals surface area (Å²) in [6.45, 7) is 5.03. The molecule has 3 amide bonds. The molecule has 29 heavy (non-hydrogen) atoms. The van der Waals surface area contributed by atoms with Gasteiger partial charge in [0.05, 0.1) is 17.3 Å². The largest absolute Gasteiger partial charge is 0.336 e. The molecule has 1 aliphatic carbocycles. The molecular weight excluding hydrogens is 366 g/mol. The van der Waals surface area contributed by atoms with Gasteiger partial charge in [0.2, 0.25) is 5.91 Å². The fourth-order valence-corrected chi connectivity index (χ4v) is 4.21. The number of hydrogen-bond donors (Lipinski definition) is 2. The number of para-hydroxylation sites is 1. The Morgan fingerprint density at radius 1 is 1.14 bits per heavy atom. The van der Waals surface area contributed by atoms with Crippen molar-refractivity contribution >= 4 is 17.8 Å². The maximum Gasteiger partial charge on any atom is 0.317 e. The molecule has 2 aliphatic rings. The molecule has 7 nitrogen and oxygen atoms in total. The number of nitrogens with one attached hydrogen (secondary N) is 2. The number of likely N-dealkylation sites (tertiary alicyclic amines) is 1. The number of piperidine rings is 1. The molecule has 2 heterocycles. The van der Waals surface area contributed by atoms with Crippen LogP contribution in [-0.4, -0.2) is 45.8 Å². The summed E-state index contributed by atoms with van der Waals surface area (Å²) in [5.74, 6) is 0.550. The lowest BCUT2D eigenvalue weighted by atomic mass is 9.97. The normalized spacial score (nSPS) is 18.6. The lowest BCUT2D eigenvalue weighted by molar-refractivity contribution is -0.121. The first-order valence-corrected chi connectivity index (χ1v) is 10.6. The van der Waals surface area contributed by atoms with Gasteiger partial charge in [-0.2, -0.15) is 5.10 Å². The fourth-order valence-electron chi connectivity index (χ4n) is 4.21. The number of urea groups is 1. The second-order valence-electron chi connectivity index (χ2n) is 8.25. The molecule has 0 bridgehead atoms. The van der Waals surface area contributed by atoms with Crippen LogP contribution in [-0.2, 0) is 17.6 Å². The number of carbonyl (C=O) groups is 2. The maximum atomic E-state index is 13.1. The van der Waals surface area contributed by atoms with Crippen LogP contribution in [0.25, 0.3) is 5.69 Å². The molecule has 154 valence electrons. The van der Waals surface area contributed by atoms with Gasteiger partial charge in [0.15, 0.2) is 0 Å². The standard InChI is InChI=1S/C22H29N5O2/c1-15(2)23-22(29)26-13-7-8-16(14-26)21(28)24-20-18-11-6-12-19(18)25-27(20)17-9-4-3-5-10-17/h3-5,9-10,15-16H,6-8,11-14H2,1-2H3,(H,23,29)(H,24,28)/t16-/m1/s1. The van der Waals surface area contributed by atoms with Gasteiger partial charge in [-0.1, -0.05) is 18.2 Å².